The number of hydrogen-bond donors (Lipinski definition) is 0. The Kier molecular flexibility index (Phi) is 4.99. The van der Waals surface area contributed by atoms with Crippen molar-refractivity contribution in [1.82, 2.24) is 0 Å². The number of rotatable bonds is 5. The van der Waals surface area contributed by atoms with Crippen LogP contribution in [0.2, 0.25) is 0 Å². The summed E-state index contributed by atoms with van der Waals surface area (Å²) in [6.07, 6.45) is 0.286. The van der Waals surface area contributed by atoms with Gasteiger partial charge in [-0.15, -0.1) is 11.3 Å². The van der Waals surface area contributed by atoms with Crippen LogP contribution in [0.4, 0.5) is 0 Å². The summed E-state index contributed by atoms with van der Waals surface area (Å²) in [5.41, 5.74) is 0.915. The number of esters is 1. The zero-order valence-corrected chi connectivity index (χ0v) is 12.8. The Balaban J connectivity index is 1.89. The third-order valence-corrected chi connectivity index (χ3v) is 4.11. The molecule has 0 radical (unpaired) electrons. The minimum absolute atomic E-state index is 0.239. The van der Waals surface area contributed by atoms with Crippen molar-refractivity contribution in [3.8, 4) is 5.75 Å². The molecule has 0 N–H and O–H groups in total. The zero-order valence-electron chi connectivity index (χ0n) is 10.4. The van der Waals surface area contributed by atoms with Crippen molar-refractivity contribution < 1.29 is 14.3 Å². The molecule has 0 saturated heterocycles. The molecule has 0 fully saturated rings. The van der Waals surface area contributed by atoms with E-state index >= 15 is 0 Å². The van der Waals surface area contributed by atoms with Gasteiger partial charge < -0.3 is 9.47 Å². The lowest BCUT2D eigenvalue weighted by Gasteiger charge is -2.05. The highest BCUT2D eigenvalue weighted by Crippen LogP contribution is 2.23. The number of hydrogen-bond acceptors (Lipinski definition) is 4. The van der Waals surface area contributed by atoms with E-state index in [2.05, 4.69) is 20.7 Å². The maximum absolute atomic E-state index is 11.1. The Bertz CT molecular complexity index is 548. The van der Waals surface area contributed by atoms with Crippen LogP contribution in [0.15, 0.2) is 40.2 Å². The van der Waals surface area contributed by atoms with Gasteiger partial charge in [0, 0.05) is 4.88 Å². The van der Waals surface area contributed by atoms with E-state index < -0.39 is 0 Å². The molecule has 5 heteroatoms. The van der Waals surface area contributed by atoms with Gasteiger partial charge >= 0.3 is 5.97 Å². The van der Waals surface area contributed by atoms with Crippen LogP contribution < -0.4 is 4.74 Å². The fourth-order valence-corrected chi connectivity index (χ4v) is 2.92. The van der Waals surface area contributed by atoms with Crippen LogP contribution in [-0.4, -0.2) is 13.1 Å². The zero-order chi connectivity index (χ0) is 13.7. The molecule has 0 amide bonds. The van der Waals surface area contributed by atoms with E-state index in [0.29, 0.717) is 6.61 Å². The van der Waals surface area contributed by atoms with Gasteiger partial charge in [0.1, 0.15) is 12.4 Å². The number of benzene rings is 1. The smallest absolute Gasteiger partial charge is 0.309 e. The van der Waals surface area contributed by atoms with Crippen LogP contribution in [0.1, 0.15) is 10.4 Å². The van der Waals surface area contributed by atoms with Crippen LogP contribution >= 0.6 is 27.3 Å². The van der Waals surface area contributed by atoms with Crippen molar-refractivity contribution in [2.45, 2.75) is 13.0 Å². The summed E-state index contributed by atoms with van der Waals surface area (Å²) in [6.45, 7) is 0.548. The molecule has 1 heterocycles. The molecule has 3 nitrogen and oxygen atoms in total. The summed E-state index contributed by atoms with van der Waals surface area (Å²) < 4.78 is 11.4. The minimum Gasteiger partial charge on any atom is -0.488 e. The highest BCUT2D eigenvalue weighted by Gasteiger charge is 2.03. The average Bonchev–Trinajstić information content (AvgIpc) is 2.83. The first kappa shape index (κ1) is 14.1. The summed E-state index contributed by atoms with van der Waals surface area (Å²) in [4.78, 5) is 12.3. The predicted molar refractivity (Wildman–Crippen MR) is 78.5 cm³/mol. The Labute approximate surface area is 124 Å². The van der Waals surface area contributed by atoms with Gasteiger partial charge in [-0.1, -0.05) is 12.1 Å². The van der Waals surface area contributed by atoms with E-state index in [-0.39, 0.29) is 12.4 Å². The molecule has 100 valence electrons. The summed E-state index contributed by atoms with van der Waals surface area (Å²) in [5, 5.41) is 0. The largest absolute Gasteiger partial charge is 0.488 e. The first-order valence-electron chi connectivity index (χ1n) is 5.70. The second kappa shape index (κ2) is 6.73. The molecular weight excluding hydrogens is 328 g/mol. The molecule has 2 aromatic rings. The van der Waals surface area contributed by atoms with Crippen LogP contribution in [0, 0.1) is 0 Å². The first-order chi connectivity index (χ1) is 9.17. The van der Waals surface area contributed by atoms with Gasteiger partial charge in [0.05, 0.1) is 17.3 Å². The Hall–Kier alpha value is -1.33. The predicted octanol–water partition coefficient (Wildman–Crippen LogP) is 3.81. The topological polar surface area (TPSA) is 35.5 Å². The summed E-state index contributed by atoms with van der Waals surface area (Å²) in [5.74, 6) is 0.551. The summed E-state index contributed by atoms with van der Waals surface area (Å²) >= 11 is 5.07. The van der Waals surface area contributed by atoms with Crippen LogP contribution in [0.5, 0.6) is 5.75 Å². The van der Waals surface area contributed by atoms with E-state index in [4.69, 9.17) is 4.74 Å². The molecule has 0 atom stereocenters. The number of thiophene rings is 1. The van der Waals surface area contributed by atoms with E-state index in [0.717, 1.165) is 20.0 Å². The van der Waals surface area contributed by atoms with Crippen molar-refractivity contribution >= 4 is 33.2 Å². The highest BCUT2D eigenvalue weighted by atomic mass is 79.9. The van der Waals surface area contributed by atoms with Gasteiger partial charge in [0.2, 0.25) is 0 Å². The molecule has 0 bridgehead atoms. The lowest BCUT2D eigenvalue weighted by molar-refractivity contribution is -0.139. The van der Waals surface area contributed by atoms with E-state index in [1.807, 2.05) is 36.4 Å². The van der Waals surface area contributed by atoms with Gasteiger partial charge in [-0.05, 0) is 45.8 Å². The van der Waals surface area contributed by atoms with Crippen molar-refractivity contribution in [3.05, 3.63) is 50.6 Å². The van der Waals surface area contributed by atoms with Crippen LogP contribution in [-0.2, 0) is 22.6 Å². The Morgan fingerprint density at radius 3 is 2.53 bits per heavy atom. The Morgan fingerprint density at radius 1 is 1.21 bits per heavy atom. The molecule has 19 heavy (non-hydrogen) atoms. The van der Waals surface area contributed by atoms with Crippen LogP contribution in [0.25, 0.3) is 0 Å². The molecule has 2 rings (SSSR count). The monoisotopic (exact) mass is 340 g/mol. The number of halogens is 1. The number of carbonyl (C=O) groups is 1. The van der Waals surface area contributed by atoms with Gasteiger partial charge in [-0.2, -0.15) is 0 Å². The SMILES string of the molecule is COC(=O)Cc1ccc(OCc2ccc(Br)s2)cc1. The molecule has 0 unspecified atom stereocenters. The third-order valence-electron chi connectivity index (χ3n) is 2.51. The van der Waals surface area contributed by atoms with Gasteiger partial charge in [0.15, 0.2) is 0 Å². The number of methoxy groups -OCH3 is 1. The average molecular weight is 341 g/mol. The molecule has 0 spiro atoms. The first-order valence-corrected chi connectivity index (χ1v) is 7.31. The molecule has 1 aromatic carbocycles. The van der Waals surface area contributed by atoms with E-state index in [1.54, 1.807) is 11.3 Å². The van der Waals surface area contributed by atoms with Crippen molar-refractivity contribution in [1.29, 1.82) is 0 Å². The van der Waals surface area contributed by atoms with E-state index in [9.17, 15) is 4.79 Å². The Morgan fingerprint density at radius 2 is 1.95 bits per heavy atom. The van der Waals surface area contributed by atoms with E-state index in [1.165, 1.54) is 7.11 Å². The van der Waals surface area contributed by atoms with Crippen molar-refractivity contribution in [2.75, 3.05) is 7.11 Å². The van der Waals surface area contributed by atoms with Gasteiger partial charge in [0.25, 0.3) is 0 Å². The second-order valence-corrected chi connectivity index (χ2v) is 6.44. The normalized spacial score (nSPS) is 10.2. The molecule has 0 aliphatic heterocycles. The highest BCUT2D eigenvalue weighted by molar-refractivity contribution is 9.11. The van der Waals surface area contributed by atoms with Gasteiger partial charge in [-0.3, -0.25) is 4.79 Å². The molecule has 0 aliphatic carbocycles. The molecule has 0 saturated carbocycles. The van der Waals surface area contributed by atoms with Gasteiger partial charge in [-0.25, -0.2) is 0 Å². The van der Waals surface area contributed by atoms with Crippen LogP contribution in [0.3, 0.4) is 0 Å². The fraction of sp³-hybridized carbons (Fsp3) is 0.214. The molecular formula is C14H13BrO3S. The standard InChI is InChI=1S/C14H13BrO3S/c1-17-14(16)8-10-2-4-11(5-3-10)18-9-12-6-7-13(15)19-12/h2-7H,8-9H2,1H3. The second-order valence-electron chi connectivity index (χ2n) is 3.89. The maximum atomic E-state index is 11.1. The summed E-state index contributed by atoms with van der Waals surface area (Å²) in [7, 11) is 1.39. The third kappa shape index (κ3) is 4.36. The quantitative estimate of drug-likeness (QED) is 0.776. The van der Waals surface area contributed by atoms with Crippen molar-refractivity contribution in [2.24, 2.45) is 0 Å². The molecule has 0 aliphatic rings. The summed E-state index contributed by atoms with van der Waals surface area (Å²) in [6, 6.07) is 11.5. The lowest BCUT2D eigenvalue weighted by atomic mass is 10.1. The minimum atomic E-state index is -0.239. The maximum Gasteiger partial charge on any atom is 0.309 e. The molecule has 1 aromatic heterocycles. The number of ether oxygens (including phenoxy) is 2. The lowest BCUT2D eigenvalue weighted by Crippen LogP contribution is -2.04. The van der Waals surface area contributed by atoms with Crippen molar-refractivity contribution in [3.63, 3.8) is 0 Å². The fourth-order valence-electron chi connectivity index (χ4n) is 1.53. The number of carbonyl (C=O) groups excluding carboxylic acids is 1.